The highest BCUT2D eigenvalue weighted by Gasteiger charge is 2.26. The first kappa shape index (κ1) is 23.9. The fourth-order valence-electron chi connectivity index (χ4n) is 2.30. The highest BCUT2D eigenvalue weighted by Crippen LogP contribution is 2.41. The Morgan fingerprint density at radius 2 is 1.90 bits per heavy atom. The van der Waals surface area contributed by atoms with Crippen LogP contribution < -0.4 is 15.2 Å². The quantitative estimate of drug-likeness (QED) is 0.254. The summed E-state index contributed by atoms with van der Waals surface area (Å²) in [5, 5.41) is 22.5. The molecule has 0 aromatic heterocycles. The van der Waals surface area contributed by atoms with Crippen LogP contribution in [0, 0.1) is 22.4 Å². The van der Waals surface area contributed by atoms with Crippen molar-refractivity contribution in [2.24, 2.45) is 10.8 Å². The van der Waals surface area contributed by atoms with Crippen LogP contribution in [0.1, 0.15) is 11.1 Å². The molecule has 12 nitrogen and oxygen atoms in total. The monoisotopic (exact) mass is 471 g/mol. The summed E-state index contributed by atoms with van der Waals surface area (Å²) < 4.78 is 39.8. The van der Waals surface area contributed by atoms with Gasteiger partial charge >= 0.3 is 10.1 Å². The number of hydroxylamine groups is 1. The Balaban J connectivity index is 2.48. The van der Waals surface area contributed by atoms with Crippen molar-refractivity contribution >= 4 is 39.6 Å². The molecule has 0 heterocycles. The molecule has 0 saturated heterocycles. The summed E-state index contributed by atoms with van der Waals surface area (Å²) in [5.41, 5.74) is 5.38. The lowest BCUT2D eigenvalue weighted by molar-refractivity contribution is -0.385. The zero-order chi connectivity index (χ0) is 23.3. The van der Waals surface area contributed by atoms with Gasteiger partial charge in [0.25, 0.3) is 5.69 Å². The molecule has 0 radical (unpaired) electrons. The Morgan fingerprint density at radius 3 is 2.39 bits per heavy atom. The van der Waals surface area contributed by atoms with Gasteiger partial charge < -0.3 is 15.2 Å². The van der Waals surface area contributed by atoms with Gasteiger partial charge in [-0.25, -0.2) is 0 Å². The highest BCUT2D eigenvalue weighted by molar-refractivity contribution is 7.86. The van der Waals surface area contributed by atoms with Gasteiger partial charge in [-0.05, 0) is 19.1 Å². The summed E-state index contributed by atoms with van der Waals surface area (Å²) in [4.78, 5) is 10.5. The predicted molar refractivity (Wildman–Crippen MR) is 112 cm³/mol. The predicted octanol–water partition coefficient (Wildman–Crippen LogP) is 2.42. The van der Waals surface area contributed by atoms with Gasteiger partial charge in [-0.1, -0.05) is 34.5 Å². The Morgan fingerprint density at radius 1 is 1.29 bits per heavy atom. The molecule has 14 heteroatoms. The number of nitrogens with two attached hydrogens (primary N) is 1. The number of hydrogen-bond donors (Lipinski definition) is 2. The maximum Gasteiger partial charge on any atom is 0.319 e. The van der Waals surface area contributed by atoms with Gasteiger partial charge in [-0.3, -0.25) is 15.5 Å². The van der Waals surface area contributed by atoms with E-state index in [1.807, 2.05) is 0 Å². The molecule has 0 aliphatic rings. The van der Waals surface area contributed by atoms with E-state index >= 15 is 0 Å². The minimum absolute atomic E-state index is 0.00188. The third-order valence-electron chi connectivity index (χ3n) is 3.80. The van der Waals surface area contributed by atoms with E-state index in [9.17, 15) is 18.5 Å². The van der Waals surface area contributed by atoms with Crippen LogP contribution in [0.4, 0.5) is 5.69 Å². The second-order valence-corrected chi connectivity index (χ2v) is 7.77. The third-order valence-corrected chi connectivity index (χ3v) is 5.36. The second-order valence-electron chi connectivity index (χ2n) is 5.86. The van der Waals surface area contributed by atoms with Crippen LogP contribution in [-0.4, -0.2) is 44.9 Å². The van der Waals surface area contributed by atoms with Crippen LogP contribution in [0.25, 0.3) is 0 Å². The molecular weight excluding hydrogens is 454 g/mol. The average molecular weight is 472 g/mol. The molecule has 0 atom stereocenters. The number of nitrogens with one attached hydrogen (secondary N) is 1. The van der Waals surface area contributed by atoms with Crippen LogP contribution >= 0.6 is 11.6 Å². The summed E-state index contributed by atoms with van der Waals surface area (Å²) in [5.74, 6) is -0.928. The minimum atomic E-state index is -4.41. The molecule has 166 valence electrons. The summed E-state index contributed by atoms with van der Waals surface area (Å²) in [6.07, 6.45) is 0.814. The number of rotatable bonds is 8. The number of hydrogen-bond acceptors (Lipinski definition) is 9. The lowest BCUT2D eigenvalue weighted by Crippen LogP contribution is -2.34. The van der Waals surface area contributed by atoms with Gasteiger partial charge in [-0.15, -0.1) is 9.39 Å². The SMILES string of the molecule is COc1cc([N+](=O)[O-])c(C=NN(OS(=O)(=O)c2ccc(C)cc2)C(=N)N)c(Cl)c1OC. The molecule has 0 fully saturated rings. The number of benzene rings is 2. The summed E-state index contributed by atoms with van der Waals surface area (Å²) in [7, 11) is -1.86. The topological polar surface area (TPSA) is 170 Å². The number of hydrazone groups is 1. The van der Waals surface area contributed by atoms with Crippen molar-refractivity contribution < 1.29 is 27.1 Å². The molecule has 2 rings (SSSR count). The number of nitrogens with zero attached hydrogens (tertiary/aromatic N) is 3. The highest BCUT2D eigenvalue weighted by atomic mass is 35.5. The molecule has 3 N–H and O–H groups in total. The Labute approximate surface area is 182 Å². The number of aryl methyl sites for hydroxylation is 1. The zero-order valence-corrected chi connectivity index (χ0v) is 18.1. The lowest BCUT2D eigenvalue weighted by Gasteiger charge is -2.16. The Kier molecular flexibility index (Phi) is 7.38. The number of halogens is 1. The van der Waals surface area contributed by atoms with Gasteiger partial charge in [0.05, 0.1) is 41.9 Å². The Bertz CT molecular complexity index is 1140. The number of ether oxygens (including phenoxy) is 2. The first-order chi connectivity index (χ1) is 14.5. The molecule has 0 spiro atoms. The molecule has 0 aliphatic carbocycles. The normalized spacial score (nSPS) is 11.4. The van der Waals surface area contributed by atoms with Crippen molar-refractivity contribution in [2.75, 3.05) is 14.2 Å². The van der Waals surface area contributed by atoms with E-state index in [1.54, 1.807) is 19.1 Å². The fraction of sp³-hybridized carbons (Fsp3) is 0.176. The van der Waals surface area contributed by atoms with Crippen LogP contribution in [0.15, 0.2) is 40.3 Å². The average Bonchev–Trinajstić information content (AvgIpc) is 2.71. The standard InChI is InChI=1S/C17H18ClN5O7S/c1-10-4-6-11(7-5-10)31(26,27)30-22(17(19)20)21-9-12-13(23(24)25)8-14(28-2)16(29-3)15(12)18/h4-9H,1-3H3,(H3,19,20). The molecule has 0 aliphatic heterocycles. The maximum absolute atomic E-state index is 12.4. The van der Waals surface area contributed by atoms with Crippen molar-refractivity contribution in [3.8, 4) is 11.5 Å². The van der Waals surface area contributed by atoms with Crippen molar-refractivity contribution in [2.45, 2.75) is 11.8 Å². The largest absolute Gasteiger partial charge is 0.493 e. The molecule has 0 amide bonds. The van der Waals surface area contributed by atoms with Crippen molar-refractivity contribution in [3.63, 3.8) is 0 Å². The number of nitro groups is 1. The maximum atomic E-state index is 12.4. The van der Waals surface area contributed by atoms with Crippen molar-refractivity contribution in [1.29, 1.82) is 5.41 Å². The van der Waals surface area contributed by atoms with Gasteiger partial charge in [0.2, 0.25) is 5.96 Å². The summed E-state index contributed by atoms with van der Waals surface area (Å²) >= 11 is 6.19. The number of guanidine groups is 1. The van der Waals surface area contributed by atoms with E-state index in [-0.39, 0.29) is 32.2 Å². The van der Waals surface area contributed by atoms with Gasteiger partial charge in [0.15, 0.2) is 11.5 Å². The second kappa shape index (κ2) is 9.59. The van der Waals surface area contributed by atoms with E-state index in [0.29, 0.717) is 0 Å². The van der Waals surface area contributed by atoms with Gasteiger partial charge in [-0.2, -0.15) is 8.42 Å². The molecule has 2 aromatic carbocycles. The fourth-order valence-corrected chi connectivity index (χ4v) is 3.47. The minimum Gasteiger partial charge on any atom is -0.493 e. The van der Waals surface area contributed by atoms with Crippen molar-refractivity contribution in [3.05, 3.63) is 56.6 Å². The first-order valence-electron chi connectivity index (χ1n) is 8.30. The van der Waals surface area contributed by atoms with Crippen LogP contribution in [-0.2, 0) is 14.4 Å². The van der Waals surface area contributed by atoms with E-state index in [0.717, 1.165) is 17.8 Å². The Hall–Kier alpha value is -3.42. The van der Waals surface area contributed by atoms with E-state index < -0.39 is 26.7 Å². The lowest BCUT2D eigenvalue weighted by atomic mass is 10.1. The summed E-state index contributed by atoms with van der Waals surface area (Å²) in [6, 6.07) is 6.73. The van der Waals surface area contributed by atoms with E-state index in [4.69, 9.17) is 36.5 Å². The molecule has 2 aromatic rings. The van der Waals surface area contributed by atoms with Gasteiger partial charge in [0.1, 0.15) is 5.02 Å². The summed E-state index contributed by atoms with van der Waals surface area (Å²) in [6.45, 7) is 1.77. The van der Waals surface area contributed by atoms with Crippen LogP contribution in [0.2, 0.25) is 5.02 Å². The zero-order valence-electron chi connectivity index (χ0n) is 16.5. The van der Waals surface area contributed by atoms with Crippen molar-refractivity contribution in [1.82, 2.24) is 5.17 Å². The van der Waals surface area contributed by atoms with E-state index in [1.165, 1.54) is 26.4 Å². The van der Waals surface area contributed by atoms with Crippen LogP contribution in [0.3, 0.4) is 0 Å². The smallest absolute Gasteiger partial charge is 0.319 e. The molecule has 0 bridgehead atoms. The first-order valence-corrected chi connectivity index (χ1v) is 10.1. The molecule has 0 saturated carbocycles. The van der Waals surface area contributed by atoms with Gasteiger partial charge in [0, 0.05) is 0 Å². The van der Waals surface area contributed by atoms with Crippen LogP contribution in [0.5, 0.6) is 11.5 Å². The molecular formula is C17H18ClN5O7S. The van der Waals surface area contributed by atoms with E-state index in [2.05, 4.69) is 5.10 Å². The third kappa shape index (κ3) is 5.39. The molecule has 31 heavy (non-hydrogen) atoms. The number of methoxy groups -OCH3 is 2. The molecule has 0 unspecified atom stereocenters. The number of nitro benzene ring substituents is 1.